The van der Waals surface area contributed by atoms with Crippen molar-refractivity contribution in [3.8, 4) is 17.4 Å². The minimum absolute atomic E-state index is 0.0503. The molecule has 1 N–H and O–H groups in total. The number of nitriles is 1. The Morgan fingerprint density at radius 2 is 1.96 bits per heavy atom. The molecule has 0 radical (unpaired) electrons. The van der Waals surface area contributed by atoms with Gasteiger partial charge in [0.1, 0.15) is 18.1 Å². The lowest BCUT2D eigenvalue weighted by Gasteiger charge is -2.03. The Balaban J connectivity index is 2.18. The van der Waals surface area contributed by atoms with Crippen molar-refractivity contribution in [2.24, 2.45) is 0 Å². The highest BCUT2D eigenvalue weighted by atomic mass is 16.4. The standard InChI is InChI=1S/C18H14N2O4/c1-11-9-14(21)18-17(23-11)13(10-15(22)20-8-7-19)16(24-18)12-5-3-2-4-6-12/h2-6,9H,8,10H2,1H3,(H,20,22). The van der Waals surface area contributed by atoms with Crippen LogP contribution in [-0.4, -0.2) is 12.5 Å². The molecule has 0 unspecified atom stereocenters. The largest absolute Gasteiger partial charge is 0.457 e. The summed E-state index contributed by atoms with van der Waals surface area (Å²) in [6.45, 7) is 1.58. The van der Waals surface area contributed by atoms with Gasteiger partial charge in [0.05, 0.1) is 18.1 Å². The Morgan fingerprint density at radius 3 is 2.67 bits per heavy atom. The molecule has 24 heavy (non-hydrogen) atoms. The van der Waals surface area contributed by atoms with Gasteiger partial charge in [-0.1, -0.05) is 30.3 Å². The summed E-state index contributed by atoms with van der Waals surface area (Å²) in [6.07, 6.45) is -0.0503. The Kier molecular flexibility index (Phi) is 4.17. The van der Waals surface area contributed by atoms with Crippen LogP contribution in [-0.2, 0) is 11.2 Å². The number of nitrogens with zero attached hydrogens (tertiary/aromatic N) is 1. The van der Waals surface area contributed by atoms with E-state index in [1.165, 1.54) is 6.07 Å². The van der Waals surface area contributed by atoms with Crippen molar-refractivity contribution >= 4 is 17.1 Å². The van der Waals surface area contributed by atoms with E-state index in [1.807, 2.05) is 36.4 Å². The number of carbonyl (C=O) groups is 1. The minimum Gasteiger partial charge on any atom is -0.457 e. The number of nitrogens with one attached hydrogen (secondary N) is 1. The van der Waals surface area contributed by atoms with Gasteiger partial charge in [-0.05, 0) is 6.92 Å². The highest BCUT2D eigenvalue weighted by molar-refractivity contribution is 5.90. The van der Waals surface area contributed by atoms with E-state index in [0.717, 1.165) is 5.56 Å². The maximum absolute atomic E-state index is 12.2. The van der Waals surface area contributed by atoms with E-state index in [0.29, 0.717) is 17.1 Å². The maximum atomic E-state index is 12.2. The summed E-state index contributed by atoms with van der Waals surface area (Å²) in [5, 5.41) is 11.1. The summed E-state index contributed by atoms with van der Waals surface area (Å²) in [6, 6.07) is 12.4. The van der Waals surface area contributed by atoms with Crippen LogP contribution < -0.4 is 10.7 Å². The second-order valence-corrected chi connectivity index (χ2v) is 5.27. The SMILES string of the molecule is Cc1cc(=O)c2oc(-c3ccccc3)c(CC(=O)NCC#N)c2o1. The third kappa shape index (κ3) is 2.92. The van der Waals surface area contributed by atoms with E-state index in [2.05, 4.69) is 5.32 Å². The van der Waals surface area contributed by atoms with Crippen LogP contribution in [0.5, 0.6) is 0 Å². The smallest absolute Gasteiger partial charge is 0.228 e. The van der Waals surface area contributed by atoms with E-state index >= 15 is 0 Å². The molecule has 6 heteroatoms. The number of carbonyl (C=O) groups excluding carboxylic acids is 1. The molecule has 2 aromatic heterocycles. The summed E-state index contributed by atoms with van der Waals surface area (Å²) >= 11 is 0. The second kappa shape index (κ2) is 6.42. The lowest BCUT2D eigenvalue weighted by atomic mass is 10.1. The van der Waals surface area contributed by atoms with E-state index in [-0.39, 0.29) is 35.5 Å². The highest BCUT2D eigenvalue weighted by Crippen LogP contribution is 2.33. The molecule has 0 saturated heterocycles. The van der Waals surface area contributed by atoms with Crippen LogP contribution in [0, 0.1) is 18.3 Å². The number of aryl methyl sites for hydroxylation is 1. The van der Waals surface area contributed by atoms with Gasteiger partial charge in [0.15, 0.2) is 5.58 Å². The lowest BCUT2D eigenvalue weighted by molar-refractivity contribution is -0.120. The Hall–Kier alpha value is -3.33. The van der Waals surface area contributed by atoms with Crippen LogP contribution in [0.1, 0.15) is 11.3 Å². The Labute approximate surface area is 137 Å². The molecule has 0 saturated carbocycles. The molecule has 3 aromatic rings. The zero-order valence-corrected chi connectivity index (χ0v) is 13.0. The van der Waals surface area contributed by atoms with Gasteiger partial charge in [-0.2, -0.15) is 5.26 Å². The number of hydrogen-bond acceptors (Lipinski definition) is 5. The molecule has 0 aliphatic heterocycles. The Morgan fingerprint density at radius 1 is 1.21 bits per heavy atom. The summed E-state index contributed by atoms with van der Waals surface area (Å²) in [5.41, 5.74) is 1.29. The molecule has 1 amide bonds. The van der Waals surface area contributed by atoms with Crippen molar-refractivity contribution in [1.82, 2.24) is 5.32 Å². The molecule has 0 fully saturated rings. The van der Waals surface area contributed by atoms with E-state index < -0.39 is 0 Å². The Bertz CT molecular complexity index is 994. The average molecular weight is 322 g/mol. The van der Waals surface area contributed by atoms with E-state index in [4.69, 9.17) is 14.1 Å². The third-order valence-corrected chi connectivity index (χ3v) is 3.52. The fraction of sp³-hybridized carbons (Fsp3) is 0.167. The lowest BCUT2D eigenvalue weighted by Crippen LogP contribution is -2.25. The van der Waals surface area contributed by atoms with Crippen molar-refractivity contribution in [1.29, 1.82) is 5.26 Å². The molecule has 0 atom stereocenters. The molecule has 1 aromatic carbocycles. The molecule has 2 heterocycles. The number of fused-ring (bicyclic) bond motifs is 1. The molecular weight excluding hydrogens is 308 g/mol. The van der Waals surface area contributed by atoms with Crippen molar-refractivity contribution < 1.29 is 13.6 Å². The first-order valence-corrected chi connectivity index (χ1v) is 7.35. The molecule has 3 rings (SSSR count). The predicted molar refractivity (Wildman–Crippen MR) is 87.2 cm³/mol. The van der Waals surface area contributed by atoms with Gasteiger partial charge >= 0.3 is 0 Å². The van der Waals surface area contributed by atoms with Crippen molar-refractivity contribution in [3.63, 3.8) is 0 Å². The maximum Gasteiger partial charge on any atom is 0.228 e. The van der Waals surface area contributed by atoms with Crippen LogP contribution in [0.4, 0.5) is 0 Å². The fourth-order valence-corrected chi connectivity index (χ4v) is 2.51. The molecule has 6 nitrogen and oxygen atoms in total. The molecule has 120 valence electrons. The highest BCUT2D eigenvalue weighted by Gasteiger charge is 2.22. The van der Waals surface area contributed by atoms with Crippen LogP contribution >= 0.6 is 0 Å². The fourth-order valence-electron chi connectivity index (χ4n) is 2.51. The number of benzene rings is 1. The van der Waals surface area contributed by atoms with Crippen molar-refractivity contribution in [3.05, 3.63) is 57.9 Å². The van der Waals surface area contributed by atoms with Gasteiger partial charge in [-0.25, -0.2) is 0 Å². The van der Waals surface area contributed by atoms with E-state index in [9.17, 15) is 9.59 Å². The number of hydrogen-bond donors (Lipinski definition) is 1. The van der Waals surface area contributed by atoms with Gasteiger partial charge < -0.3 is 14.2 Å². The normalized spacial score (nSPS) is 10.5. The van der Waals surface area contributed by atoms with Gasteiger partial charge in [-0.15, -0.1) is 0 Å². The van der Waals surface area contributed by atoms with E-state index in [1.54, 1.807) is 6.92 Å². The summed E-state index contributed by atoms with van der Waals surface area (Å²) in [4.78, 5) is 24.2. The van der Waals surface area contributed by atoms with Gasteiger partial charge in [0.2, 0.25) is 16.9 Å². The first kappa shape index (κ1) is 15.6. The quantitative estimate of drug-likeness (QED) is 0.745. The molecule has 0 spiro atoms. The summed E-state index contributed by atoms with van der Waals surface area (Å²) in [5.74, 6) is 0.510. The zero-order valence-electron chi connectivity index (χ0n) is 13.0. The van der Waals surface area contributed by atoms with Gasteiger partial charge in [0.25, 0.3) is 0 Å². The van der Waals surface area contributed by atoms with Crippen molar-refractivity contribution in [2.45, 2.75) is 13.3 Å². The van der Waals surface area contributed by atoms with Gasteiger partial charge in [-0.3, -0.25) is 9.59 Å². The van der Waals surface area contributed by atoms with Crippen LogP contribution in [0.3, 0.4) is 0 Å². The first-order chi connectivity index (χ1) is 11.6. The minimum atomic E-state index is -0.347. The number of furan rings is 1. The number of amides is 1. The van der Waals surface area contributed by atoms with Crippen molar-refractivity contribution in [2.75, 3.05) is 6.54 Å². The second-order valence-electron chi connectivity index (χ2n) is 5.27. The molecular formula is C18H14N2O4. The molecule has 0 aliphatic rings. The average Bonchev–Trinajstić information content (AvgIpc) is 2.92. The first-order valence-electron chi connectivity index (χ1n) is 7.35. The predicted octanol–water partition coefficient (Wildman–Crippen LogP) is 2.54. The van der Waals surface area contributed by atoms with Crippen LogP contribution in [0.2, 0.25) is 0 Å². The monoisotopic (exact) mass is 322 g/mol. The zero-order chi connectivity index (χ0) is 17.1. The molecule has 0 aliphatic carbocycles. The topological polar surface area (TPSA) is 96.2 Å². The number of rotatable bonds is 4. The third-order valence-electron chi connectivity index (χ3n) is 3.52. The van der Waals surface area contributed by atoms with Crippen LogP contribution in [0.25, 0.3) is 22.5 Å². The van der Waals surface area contributed by atoms with Crippen LogP contribution in [0.15, 0.2) is 50.0 Å². The summed E-state index contributed by atoms with van der Waals surface area (Å²) in [7, 11) is 0. The van der Waals surface area contributed by atoms with Gasteiger partial charge in [0, 0.05) is 11.6 Å². The summed E-state index contributed by atoms with van der Waals surface area (Å²) < 4.78 is 11.4. The molecule has 0 bridgehead atoms.